The van der Waals surface area contributed by atoms with E-state index in [-0.39, 0.29) is 11.9 Å². The normalized spacial score (nSPS) is 20.8. The van der Waals surface area contributed by atoms with Crippen molar-refractivity contribution in [2.45, 2.75) is 24.4 Å². The molecule has 6 nitrogen and oxygen atoms in total. The van der Waals surface area contributed by atoms with Gasteiger partial charge in [-0.1, -0.05) is 78.9 Å². The highest BCUT2D eigenvalue weighted by Gasteiger charge is 2.44. The van der Waals surface area contributed by atoms with Gasteiger partial charge in [-0.15, -0.1) is 0 Å². The molecule has 5 rings (SSSR count). The molecule has 2 atom stereocenters. The van der Waals surface area contributed by atoms with Crippen LogP contribution in [0.25, 0.3) is 0 Å². The van der Waals surface area contributed by atoms with Gasteiger partial charge in [-0.25, -0.2) is 4.79 Å². The summed E-state index contributed by atoms with van der Waals surface area (Å²) in [6, 6.07) is 28.9. The number of likely N-dealkylation sites (tertiary alicyclic amines) is 1. The number of piperazine rings is 1. The Kier molecular flexibility index (Phi) is 6.82. The van der Waals surface area contributed by atoms with E-state index in [1.54, 1.807) is 4.90 Å². The van der Waals surface area contributed by atoms with Crippen molar-refractivity contribution in [1.82, 2.24) is 9.80 Å². The number of nitrogens with zero attached hydrogens (tertiary/aromatic N) is 3. The number of rotatable bonds is 6. The van der Waals surface area contributed by atoms with Gasteiger partial charge in [-0.3, -0.25) is 9.69 Å². The number of benzene rings is 3. The molecule has 0 radical (unpaired) electrons. The van der Waals surface area contributed by atoms with E-state index < -0.39 is 17.9 Å². The van der Waals surface area contributed by atoms with Gasteiger partial charge in [-0.2, -0.15) is 0 Å². The van der Waals surface area contributed by atoms with Crippen LogP contribution in [0.1, 0.15) is 23.5 Å². The Hall–Kier alpha value is -3.64. The number of hydrogen-bond acceptors (Lipinski definition) is 4. The second kappa shape index (κ2) is 10.3. The first-order valence-corrected chi connectivity index (χ1v) is 12.3. The molecular formula is C29H31N3O3. The first-order chi connectivity index (χ1) is 17.1. The number of anilines is 1. The first-order valence-electron chi connectivity index (χ1n) is 12.3. The molecule has 0 spiro atoms. The monoisotopic (exact) mass is 469 g/mol. The van der Waals surface area contributed by atoms with E-state index in [1.165, 1.54) is 5.69 Å². The third kappa shape index (κ3) is 4.93. The highest BCUT2D eigenvalue weighted by Crippen LogP contribution is 2.32. The van der Waals surface area contributed by atoms with Crippen LogP contribution in [0.15, 0.2) is 91.0 Å². The minimum atomic E-state index is -0.927. The summed E-state index contributed by atoms with van der Waals surface area (Å²) < 4.78 is 0. The van der Waals surface area contributed by atoms with Gasteiger partial charge >= 0.3 is 5.97 Å². The van der Waals surface area contributed by atoms with Gasteiger partial charge in [0.25, 0.3) is 0 Å². The molecule has 35 heavy (non-hydrogen) atoms. The molecule has 3 aromatic rings. The lowest BCUT2D eigenvalue weighted by molar-refractivity contribution is -0.148. The lowest BCUT2D eigenvalue weighted by Gasteiger charge is -2.39. The van der Waals surface area contributed by atoms with Gasteiger partial charge in [0.2, 0.25) is 5.91 Å². The zero-order valence-corrected chi connectivity index (χ0v) is 19.7. The first kappa shape index (κ1) is 23.1. The highest BCUT2D eigenvalue weighted by molar-refractivity contribution is 5.91. The number of amides is 1. The molecule has 2 aliphatic heterocycles. The Balaban J connectivity index is 1.34. The number of carboxylic acid groups (broad SMARTS) is 1. The van der Waals surface area contributed by atoms with Crippen LogP contribution in [-0.2, 0) is 9.59 Å². The molecule has 0 bridgehead atoms. The maximum Gasteiger partial charge on any atom is 0.326 e. The van der Waals surface area contributed by atoms with Crippen LogP contribution in [0, 0.1) is 0 Å². The van der Waals surface area contributed by atoms with Crippen LogP contribution in [-0.4, -0.2) is 71.6 Å². The summed E-state index contributed by atoms with van der Waals surface area (Å²) in [5.41, 5.74) is 2.98. The molecule has 0 aliphatic carbocycles. The van der Waals surface area contributed by atoms with Crippen molar-refractivity contribution in [3.8, 4) is 0 Å². The van der Waals surface area contributed by atoms with Crippen LogP contribution >= 0.6 is 0 Å². The van der Waals surface area contributed by atoms with Gasteiger partial charge in [0.15, 0.2) is 0 Å². The molecule has 1 unspecified atom stereocenters. The second-order valence-corrected chi connectivity index (χ2v) is 9.35. The largest absolute Gasteiger partial charge is 0.480 e. The summed E-state index contributed by atoms with van der Waals surface area (Å²) in [6.45, 7) is 3.94. The standard InChI is InChI=1S/C29H31N3O3/c33-28(27(22-10-4-1-5-11-22)23-12-6-2-7-13-23)32-21-25(20-26(32)29(34)35)31-18-16-30(17-19-31)24-14-8-3-9-15-24/h1-15,25-27H,16-21H2,(H,34,35)/t25?,26-/m0/s1. The number of para-hydroxylation sites is 1. The lowest BCUT2D eigenvalue weighted by Crippen LogP contribution is -2.51. The Morgan fingerprint density at radius 1 is 0.743 bits per heavy atom. The molecule has 1 amide bonds. The molecule has 180 valence electrons. The summed E-state index contributed by atoms with van der Waals surface area (Å²) in [5, 5.41) is 10.0. The molecular weight excluding hydrogens is 438 g/mol. The maximum absolute atomic E-state index is 14.0. The van der Waals surface area contributed by atoms with Crippen molar-refractivity contribution < 1.29 is 14.7 Å². The lowest BCUT2D eigenvalue weighted by atomic mass is 9.90. The molecule has 0 saturated carbocycles. The topological polar surface area (TPSA) is 64.1 Å². The average molecular weight is 470 g/mol. The van der Waals surface area contributed by atoms with E-state index in [4.69, 9.17) is 0 Å². The van der Waals surface area contributed by atoms with Crippen LogP contribution in [0.4, 0.5) is 5.69 Å². The number of carboxylic acids is 1. The summed E-state index contributed by atoms with van der Waals surface area (Å²) in [6.07, 6.45) is 0.461. The van der Waals surface area contributed by atoms with Crippen molar-refractivity contribution in [2.24, 2.45) is 0 Å². The molecule has 6 heteroatoms. The zero-order valence-electron chi connectivity index (χ0n) is 19.7. The summed E-state index contributed by atoms with van der Waals surface area (Å²) in [7, 11) is 0. The van der Waals surface area contributed by atoms with Crippen molar-refractivity contribution in [3.63, 3.8) is 0 Å². The van der Waals surface area contributed by atoms with Gasteiger partial charge in [0.05, 0.1) is 5.92 Å². The fourth-order valence-corrected chi connectivity index (χ4v) is 5.47. The Bertz CT molecular complexity index is 1090. The maximum atomic E-state index is 14.0. The fraction of sp³-hybridized carbons (Fsp3) is 0.310. The van der Waals surface area contributed by atoms with Crippen molar-refractivity contribution >= 4 is 17.6 Å². The molecule has 2 fully saturated rings. The second-order valence-electron chi connectivity index (χ2n) is 9.35. The van der Waals surface area contributed by atoms with Crippen LogP contribution in [0.3, 0.4) is 0 Å². The van der Waals surface area contributed by atoms with E-state index in [0.29, 0.717) is 13.0 Å². The highest BCUT2D eigenvalue weighted by atomic mass is 16.4. The molecule has 2 aliphatic rings. The number of carbonyl (C=O) groups is 2. The molecule has 1 N–H and O–H groups in total. The Morgan fingerprint density at radius 3 is 1.77 bits per heavy atom. The van der Waals surface area contributed by atoms with Crippen molar-refractivity contribution in [2.75, 3.05) is 37.6 Å². The van der Waals surface area contributed by atoms with Gasteiger partial charge in [0, 0.05) is 44.5 Å². The van der Waals surface area contributed by atoms with Crippen LogP contribution in [0.2, 0.25) is 0 Å². The quantitative estimate of drug-likeness (QED) is 0.597. The van der Waals surface area contributed by atoms with E-state index in [9.17, 15) is 14.7 Å². The van der Waals surface area contributed by atoms with Gasteiger partial charge < -0.3 is 14.9 Å². The van der Waals surface area contributed by atoms with Crippen LogP contribution in [0.5, 0.6) is 0 Å². The molecule has 3 aromatic carbocycles. The van der Waals surface area contributed by atoms with Gasteiger partial charge in [0.1, 0.15) is 6.04 Å². The van der Waals surface area contributed by atoms with E-state index >= 15 is 0 Å². The SMILES string of the molecule is O=C(O)[C@@H]1CC(N2CCN(c3ccccc3)CC2)CN1C(=O)C(c1ccccc1)c1ccccc1. The van der Waals surface area contributed by atoms with Crippen LogP contribution < -0.4 is 4.90 Å². The van der Waals surface area contributed by atoms with Crippen molar-refractivity contribution in [1.29, 1.82) is 0 Å². The minimum Gasteiger partial charge on any atom is -0.480 e. The third-order valence-electron chi connectivity index (χ3n) is 7.31. The predicted molar refractivity (Wildman–Crippen MR) is 136 cm³/mol. The average Bonchev–Trinajstić information content (AvgIpc) is 3.37. The zero-order chi connectivity index (χ0) is 24.2. The predicted octanol–water partition coefficient (Wildman–Crippen LogP) is 3.69. The summed E-state index contributed by atoms with van der Waals surface area (Å²) in [5.74, 6) is -1.59. The van der Waals surface area contributed by atoms with E-state index in [2.05, 4.69) is 34.1 Å². The van der Waals surface area contributed by atoms with Gasteiger partial charge in [-0.05, 0) is 29.7 Å². The smallest absolute Gasteiger partial charge is 0.326 e. The Labute approximate surface area is 206 Å². The van der Waals surface area contributed by atoms with Crippen molar-refractivity contribution in [3.05, 3.63) is 102 Å². The molecule has 0 aromatic heterocycles. The number of hydrogen-bond donors (Lipinski definition) is 1. The third-order valence-corrected chi connectivity index (χ3v) is 7.31. The molecule has 2 heterocycles. The Morgan fingerprint density at radius 2 is 1.26 bits per heavy atom. The minimum absolute atomic E-state index is 0.0465. The summed E-state index contributed by atoms with van der Waals surface area (Å²) >= 11 is 0. The molecule has 2 saturated heterocycles. The number of aliphatic carboxylic acids is 1. The fourth-order valence-electron chi connectivity index (χ4n) is 5.47. The van der Waals surface area contributed by atoms with E-state index in [1.807, 2.05) is 66.7 Å². The number of carbonyl (C=O) groups excluding carboxylic acids is 1. The summed E-state index contributed by atoms with van der Waals surface area (Å²) in [4.78, 5) is 32.6. The van der Waals surface area contributed by atoms with E-state index in [0.717, 1.165) is 37.3 Å².